The van der Waals surface area contributed by atoms with Crippen LogP contribution in [0.15, 0.2) is 6.20 Å². The van der Waals surface area contributed by atoms with Crippen LogP contribution in [0, 0.1) is 13.8 Å². The minimum Gasteiger partial charge on any atom is -0.506 e. The van der Waals surface area contributed by atoms with Gasteiger partial charge in [0, 0.05) is 34.9 Å². The molecule has 0 aliphatic carbocycles. The minimum absolute atomic E-state index is 0.0430. The predicted molar refractivity (Wildman–Crippen MR) is 81.9 cm³/mol. The molecule has 0 saturated carbocycles. The molecule has 124 valence electrons. The topological polar surface area (TPSA) is 127 Å². The molecule has 0 aliphatic rings. The maximum Gasteiger partial charge on any atom is 0.142 e. The normalized spacial score (nSPS) is 11.0. The number of nitrogens with zero attached hydrogens (tertiary/aromatic N) is 2. The number of rotatable bonds is 5. The molecule has 7 heteroatoms. The zero-order chi connectivity index (χ0) is 17.1. The third kappa shape index (κ3) is 3.12. The molecule has 2 rings (SSSR count). The first kappa shape index (κ1) is 17.1. The van der Waals surface area contributed by atoms with E-state index >= 15 is 0 Å². The summed E-state index contributed by atoms with van der Waals surface area (Å²) in [5, 5.41) is 48.7. The molecule has 0 unspecified atom stereocenters. The summed E-state index contributed by atoms with van der Waals surface area (Å²) in [7, 11) is 0. The highest BCUT2D eigenvalue weighted by atomic mass is 16.3. The van der Waals surface area contributed by atoms with E-state index in [9.17, 15) is 25.5 Å². The first-order valence-corrected chi connectivity index (χ1v) is 7.13. The van der Waals surface area contributed by atoms with Gasteiger partial charge in [-0.2, -0.15) is 0 Å². The van der Waals surface area contributed by atoms with Gasteiger partial charge in [-0.3, -0.25) is 9.97 Å². The van der Waals surface area contributed by atoms with Crippen molar-refractivity contribution >= 4 is 0 Å². The molecule has 2 aromatic rings. The van der Waals surface area contributed by atoms with Gasteiger partial charge >= 0.3 is 0 Å². The summed E-state index contributed by atoms with van der Waals surface area (Å²) in [6.45, 7) is 2.08. The first-order valence-electron chi connectivity index (χ1n) is 7.13. The van der Waals surface area contributed by atoms with Crippen LogP contribution in [0.3, 0.4) is 0 Å². The predicted octanol–water partition coefficient (Wildman–Crippen LogP) is 0.572. The van der Waals surface area contributed by atoms with E-state index in [4.69, 9.17) is 0 Å². The van der Waals surface area contributed by atoms with Crippen LogP contribution in [0.1, 0.15) is 39.3 Å². The van der Waals surface area contributed by atoms with Gasteiger partial charge in [0.05, 0.1) is 36.9 Å². The Hall–Kier alpha value is -2.22. The number of pyridine rings is 2. The fourth-order valence-electron chi connectivity index (χ4n) is 2.55. The summed E-state index contributed by atoms with van der Waals surface area (Å²) >= 11 is 0. The summed E-state index contributed by atoms with van der Waals surface area (Å²) < 4.78 is 0. The van der Waals surface area contributed by atoms with Crippen molar-refractivity contribution in [1.29, 1.82) is 0 Å². The van der Waals surface area contributed by atoms with Gasteiger partial charge in [0.25, 0.3) is 0 Å². The number of aryl methyl sites for hydroxylation is 2. The van der Waals surface area contributed by atoms with Gasteiger partial charge in [-0.1, -0.05) is 0 Å². The van der Waals surface area contributed by atoms with Crippen molar-refractivity contribution in [3.8, 4) is 11.5 Å². The number of aliphatic hydroxyl groups excluding tert-OH is 3. The molecule has 2 aromatic heterocycles. The van der Waals surface area contributed by atoms with Crippen LogP contribution in [-0.4, -0.2) is 35.5 Å². The molecule has 2 heterocycles. The molecule has 7 nitrogen and oxygen atoms in total. The molecular weight excluding hydrogens is 300 g/mol. The van der Waals surface area contributed by atoms with Crippen molar-refractivity contribution in [1.82, 2.24) is 9.97 Å². The van der Waals surface area contributed by atoms with E-state index in [0.29, 0.717) is 33.8 Å². The van der Waals surface area contributed by atoms with Gasteiger partial charge < -0.3 is 25.5 Å². The summed E-state index contributed by atoms with van der Waals surface area (Å²) in [5.41, 5.74) is 2.59. The van der Waals surface area contributed by atoms with Crippen LogP contribution in [-0.2, 0) is 26.2 Å². The van der Waals surface area contributed by atoms with E-state index in [1.807, 2.05) is 0 Å². The molecular formula is C16H20N2O5. The van der Waals surface area contributed by atoms with Crippen LogP contribution >= 0.6 is 0 Å². The smallest absolute Gasteiger partial charge is 0.142 e. The summed E-state index contributed by atoms with van der Waals surface area (Å²) in [4.78, 5) is 8.26. The lowest BCUT2D eigenvalue weighted by Crippen LogP contribution is -2.09. The van der Waals surface area contributed by atoms with Crippen molar-refractivity contribution < 1.29 is 25.5 Å². The van der Waals surface area contributed by atoms with Crippen LogP contribution < -0.4 is 0 Å². The molecule has 0 fully saturated rings. The number of hydrogen-bond donors (Lipinski definition) is 5. The quantitative estimate of drug-likeness (QED) is 0.545. The van der Waals surface area contributed by atoms with E-state index in [1.54, 1.807) is 13.8 Å². The average Bonchev–Trinajstić information content (AvgIpc) is 2.54. The van der Waals surface area contributed by atoms with Crippen molar-refractivity contribution in [3.63, 3.8) is 0 Å². The molecule has 0 aliphatic heterocycles. The Morgan fingerprint density at radius 3 is 2.00 bits per heavy atom. The lowest BCUT2D eigenvalue weighted by Gasteiger charge is -2.17. The molecule has 0 radical (unpaired) electrons. The molecule has 0 aromatic carbocycles. The van der Waals surface area contributed by atoms with E-state index in [1.165, 1.54) is 6.20 Å². The van der Waals surface area contributed by atoms with Crippen LogP contribution in [0.5, 0.6) is 11.5 Å². The lowest BCUT2D eigenvalue weighted by molar-refractivity contribution is 0.253. The standard InChI is InChI=1S/C16H20N2O5/c1-8-15(22)11(10(5-19)4-17-8)3-14-12(6-20)13(7-21)16(23)9(2)18-14/h4,19-23H,3,5-7H2,1-2H3. The highest BCUT2D eigenvalue weighted by Crippen LogP contribution is 2.31. The average molecular weight is 320 g/mol. The second-order valence-electron chi connectivity index (χ2n) is 5.30. The van der Waals surface area contributed by atoms with Gasteiger partial charge in [-0.05, 0) is 13.8 Å². The maximum atomic E-state index is 10.2. The van der Waals surface area contributed by atoms with Crippen LogP contribution in [0.25, 0.3) is 0 Å². The van der Waals surface area contributed by atoms with Gasteiger partial charge in [0.2, 0.25) is 0 Å². The van der Waals surface area contributed by atoms with E-state index in [-0.39, 0.29) is 30.1 Å². The molecule has 0 amide bonds. The Morgan fingerprint density at radius 1 is 0.826 bits per heavy atom. The zero-order valence-corrected chi connectivity index (χ0v) is 13.0. The molecule has 0 atom stereocenters. The molecule has 0 bridgehead atoms. The van der Waals surface area contributed by atoms with Crippen LogP contribution in [0.4, 0.5) is 0 Å². The SMILES string of the molecule is Cc1ncc(CO)c(Cc2nc(C)c(O)c(CO)c2CO)c1O. The van der Waals surface area contributed by atoms with E-state index in [0.717, 1.165) is 0 Å². The lowest BCUT2D eigenvalue weighted by atomic mass is 9.97. The molecule has 5 N–H and O–H groups in total. The third-order valence-corrected chi connectivity index (χ3v) is 3.90. The summed E-state index contributed by atoms with van der Waals surface area (Å²) in [6.07, 6.45) is 1.61. The molecule has 23 heavy (non-hydrogen) atoms. The number of aliphatic hydroxyl groups is 3. The number of hydrogen-bond acceptors (Lipinski definition) is 7. The van der Waals surface area contributed by atoms with Gasteiger partial charge in [0.1, 0.15) is 11.5 Å². The van der Waals surface area contributed by atoms with Gasteiger partial charge in [-0.15, -0.1) is 0 Å². The first-order chi connectivity index (χ1) is 10.9. The van der Waals surface area contributed by atoms with Crippen molar-refractivity contribution in [2.24, 2.45) is 0 Å². The minimum atomic E-state index is -0.438. The van der Waals surface area contributed by atoms with Crippen molar-refractivity contribution in [2.75, 3.05) is 0 Å². The Kier molecular flexibility index (Phi) is 5.15. The van der Waals surface area contributed by atoms with Gasteiger partial charge in [-0.25, -0.2) is 0 Å². The Morgan fingerprint density at radius 2 is 1.43 bits per heavy atom. The van der Waals surface area contributed by atoms with Crippen molar-refractivity contribution in [2.45, 2.75) is 40.1 Å². The zero-order valence-electron chi connectivity index (χ0n) is 13.0. The Balaban J connectivity index is 2.62. The second-order valence-corrected chi connectivity index (χ2v) is 5.30. The Bertz CT molecular complexity index is 731. The molecule has 0 saturated heterocycles. The van der Waals surface area contributed by atoms with Gasteiger partial charge in [0.15, 0.2) is 0 Å². The largest absolute Gasteiger partial charge is 0.506 e. The fourth-order valence-corrected chi connectivity index (χ4v) is 2.55. The monoisotopic (exact) mass is 320 g/mol. The third-order valence-electron chi connectivity index (χ3n) is 3.90. The fraction of sp³-hybridized carbons (Fsp3) is 0.375. The van der Waals surface area contributed by atoms with E-state index in [2.05, 4.69) is 9.97 Å². The highest BCUT2D eigenvalue weighted by molar-refractivity contribution is 5.48. The molecule has 0 spiro atoms. The van der Waals surface area contributed by atoms with Crippen molar-refractivity contribution in [3.05, 3.63) is 45.5 Å². The Labute approximate surface area is 133 Å². The van der Waals surface area contributed by atoms with E-state index < -0.39 is 13.2 Å². The number of aromatic hydroxyl groups is 2. The summed E-state index contributed by atoms with van der Waals surface area (Å²) in [5.74, 6) is -0.198. The maximum absolute atomic E-state index is 10.2. The highest BCUT2D eigenvalue weighted by Gasteiger charge is 2.19. The van der Waals surface area contributed by atoms with Crippen LogP contribution in [0.2, 0.25) is 0 Å². The second kappa shape index (κ2) is 6.91. The number of aromatic nitrogens is 2. The summed E-state index contributed by atoms with van der Waals surface area (Å²) in [6, 6.07) is 0.